The van der Waals surface area contributed by atoms with Gasteiger partial charge in [0.15, 0.2) is 0 Å². The second-order valence-electron chi connectivity index (χ2n) is 7.24. The maximum Gasteiger partial charge on any atom is 0.348 e. The molecule has 1 aromatic carbocycles. The van der Waals surface area contributed by atoms with Gasteiger partial charge in [0.1, 0.15) is 23.4 Å². The number of ether oxygens (including phenoxy) is 2. The number of hydrogen-bond donors (Lipinski definition) is 1. The first-order valence-electron chi connectivity index (χ1n) is 10.4. The summed E-state index contributed by atoms with van der Waals surface area (Å²) in [6.07, 6.45) is 1.18. The van der Waals surface area contributed by atoms with Gasteiger partial charge in [-0.15, -0.1) is 0 Å². The molecule has 1 fully saturated rings. The third-order valence-electron chi connectivity index (χ3n) is 5.16. The van der Waals surface area contributed by atoms with Crippen molar-refractivity contribution in [1.29, 1.82) is 10.7 Å². The van der Waals surface area contributed by atoms with Crippen LogP contribution in [0.2, 0.25) is 0 Å². The molecule has 1 saturated heterocycles. The van der Waals surface area contributed by atoms with Crippen molar-refractivity contribution < 1.29 is 19.1 Å². The van der Waals surface area contributed by atoms with Crippen molar-refractivity contribution in [2.45, 2.75) is 27.7 Å². The van der Waals surface area contributed by atoms with Crippen LogP contribution < -0.4 is 4.90 Å². The number of esters is 2. The van der Waals surface area contributed by atoms with Gasteiger partial charge < -0.3 is 19.3 Å². The third-order valence-corrected chi connectivity index (χ3v) is 5.16. The van der Waals surface area contributed by atoms with Gasteiger partial charge in [-0.1, -0.05) is 18.2 Å². The van der Waals surface area contributed by atoms with Crippen LogP contribution in [0.15, 0.2) is 29.8 Å². The van der Waals surface area contributed by atoms with Gasteiger partial charge in [-0.3, -0.25) is 10.2 Å². The molecule has 166 valence electrons. The first-order valence-corrected chi connectivity index (χ1v) is 10.4. The summed E-state index contributed by atoms with van der Waals surface area (Å²) < 4.78 is 9.97. The largest absolute Gasteiger partial charge is 0.465 e. The second-order valence-corrected chi connectivity index (χ2v) is 7.24. The van der Waals surface area contributed by atoms with Gasteiger partial charge in [0.25, 0.3) is 0 Å². The lowest BCUT2D eigenvalue weighted by atomic mass is 10.0. The highest BCUT2D eigenvalue weighted by atomic mass is 16.5. The molecule has 2 rings (SSSR count). The molecule has 0 aliphatic carbocycles. The quantitative estimate of drug-likeness (QED) is 0.235. The Balaban J connectivity index is 2.19. The molecular weight excluding hydrogens is 396 g/mol. The first-order chi connectivity index (χ1) is 14.8. The second kappa shape index (κ2) is 11.2. The number of nitrogens with zero attached hydrogens (tertiary/aromatic N) is 3. The Labute approximate surface area is 183 Å². The van der Waals surface area contributed by atoms with Crippen molar-refractivity contribution in [2.24, 2.45) is 5.92 Å². The van der Waals surface area contributed by atoms with E-state index in [-0.39, 0.29) is 24.6 Å². The van der Waals surface area contributed by atoms with E-state index in [0.717, 1.165) is 0 Å². The minimum Gasteiger partial charge on any atom is -0.465 e. The molecule has 8 nitrogen and oxygen atoms in total. The Morgan fingerprint density at radius 1 is 1.13 bits per heavy atom. The monoisotopic (exact) mass is 426 g/mol. The predicted molar refractivity (Wildman–Crippen MR) is 118 cm³/mol. The standard InChI is InChI=1S/C23H30N4O4/c1-5-30-22(28)18(15-24)14-19(23(29)31-6-2)21(25)27-12-10-26(11-13-27)20-16(3)8-7-9-17(20)4/h7-9,14,19,25H,5-6,10-13H2,1-4H3/b18-14+,25-21?. The van der Waals surface area contributed by atoms with Gasteiger partial charge in [0, 0.05) is 31.9 Å². The molecule has 8 heteroatoms. The van der Waals surface area contributed by atoms with E-state index in [1.54, 1.807) is 24.8 Å². The topological polar surface area (TPSA) is 107 Å². The number of nitriles is 1. The van der Waals surface area contributed by atoms with Crippen LogP contribution in [0.5, 0.6) is 0 Å². The number of rotatable bonds is 7. The van der Waals surface area contributed by atoms with Gasteiger partial charge >= 0.3 is 11.9 Å². The molecule has 1 aliphatic heterocycles. The number of para-hydroxylation sites is 1. The Bertz CT molecular complexity index is 875. The number of nitrogens with one attached hydrogen (secondary N) is 1. The summed E-state index contributed by atoms with van der Waals surface area (Å²) in [4.78, 5) is 28.6. The maximum atomic E-state index is 12.5. The smallest absolute Gasteiger partial charge is 0.348 e. The average Bonchev–Trinajstić information content (AvgIpc) is 2.74. The summed E-state index contributed by atoms with van der Waals surface area (Å²) in [5, 5.41) is 17.9. The van der Waals surface area contributed by atoms with Crippen LogP contribution in [-0.4, -0.2) is 62.1 Å². The highest BCUT2D eigenvalue weighted by Crippen LogP contribution is 2.26. The van der Waals surface area contributed by atoms with Gasteiger partial charge in [-0.2, -0.15) is 5.26 Å². The van der Waals surface area contributed by atoms with Crippen LogP contribution >= 0.6 is 0 Å². The number of carbonyl (C=O) groups is 2. The van der Waals surface area contributed by atoms with E-state index in [0.29, 0.717) is 26.2 Å². The molecule has 0 aromatic heterocycles. The number of hydrogen-bond acceptors (Lipinski definition) is 7. The summed E-state index contributed by atoms with van der Waals surface area (Å²) in [6, 6.07) is 7.96. The van der Waals surface area contributed by atoms with Gasteiger partial charge in [0.2, 0.25) is 0 Å². The Kier molecular flexibility index (Phi) is 8.62. The Hall–Kier alpha value is -3.34. The molecule has 1 aromatic rings. The van der Waals surface area contributed by atoms with Crippen LogP contribution in [-0.2, 0) is 19.1 Å². The lowest BCUT2D eigenvalue weighted by molar-refractivity contribution is -0.144. The van der Waals surface area contributed by atoms with Crippen LogP contribution in [0.4, 0.5) is 5.69 Å². The van der Waals surface area contributed by atoms with Crippen LogP contribution in [0.25, 0.3) is 0 Å². The summed E-state index contributed by atoms with van der Waals surface area (Å²) in [5.74, 6) is -2.61. The molecule has 31 heavy (non-hydrogen) atoms. The average molecular weight is 427 g/mol. The number of anilines is 1. The van der Waals surface area contributed by atoms with E-state index in [2.05, 4.69) is 30.9 Å². The van der Waals surface area contributed by atoms with E-state index < -0.39 is 17.9 Å². The van der Waals surface area contributed by atoms with E-state index in [4.69, 9.17) is 14.9 Å². The van der Waals surface area contributed by atoms with Crippen LogP contribution in [0.3, 0.4) is 0 Å². The van der Waals surface area contributed by atoms with E-state index >= 15 is 0 Å². The fraction of sp³-hybridized carbons (Fsp3) is 0.478. The van der Waals surface area contributed by atoms with Gasteiger partial charge in [0.05, 0.1) is 13.2 Å². The molecular formula is C23H30N4O4. The summed E-state index contributed by atoms with van der Waals surface area (Å²) in [7, 11) is 0. The maximum absolute atomic E-state index is 12.5. The first kappa shape index (κ1) is 23.9. The van der Waals surface area contributed by atoms with E-state index in [9.17, 15) is 14.9 Å². The molecule has 1 N–H and O–H groups in total. The summed E-state index contributed by atoms with van der Waals surface area (Å²) >= 11 is 0. The zero-order chi connectivity index (χ0) is 23.0. The Morgan fingerprint density at radius 3 is 2.23 bits per heavy atom. The molecule has 1 aliphatic rings. The number of amidine groups is 1. The molecule has 0 amide bonds. The lowest BCUT2D eigenvalue weighted by Crippen LogP contribution is -2.51. The van der Waals surface area contributed by atoms with Gasteiger partial charge in [-0.05, 0) is 44.9 Å². The summed E-state index contributed by atoms with van der Waals surface area (Å²) in [6.45, 7) is 10.2. The fourth-order valence-corrected chi connectivity index (χ4v) is 3.69. The zero-order valence-electron chi connectivity index (χ0n) is 18.6. The lowest BCUT2D eigenvalue weighted by Gasteiger charge is -2.39. The van der Waals surface area contributed by atoms with Crippen LogP contribution in [0, 0.1) is 36.5 Å². The van der Waals surface area contributed by atoms with Crippen molar-refractivity contribution in [3.05, 3.63) is 41.0 Å². The minimum atomic E-state index is -1.15. The number of aryl methyl sites for hydroxylation is 2. The molecule has 1 unspecified atom stereocenters. The van der Waals surface area contributed by atoms with Crippen molar-refractivity contribution in [1.82, 2.24) is 4.90 Å². The zero-order valence-corrected chi connectivity index (χ0v) is 18.6. The highest BCUT2D eigenvalue weighted by Gasteiger charge is 2.31. The fourth-order valence-electron chi connectivity index (χ4n) is 3.69. The number of piperazine rings is 1. The Morgan fingerprint density at radius 2 is 1.71 bits per heavy atom. The molecule has 0 saturated carbocycles. The third kappa shape index (κ3) is 5.85. The van der Waals surface area contributed by atoms with E-state index in [1.807, 2.05) is 6.07 Å². The minimum absolute atomic E-state index is 0.0108. The molecule has 1 heterocycles. The number of benzene rings is 1. The van der Waals surface area contributed by atoms with Crippen LogP contribution in [0.1, 0.15) is 25.0 Å². The summed E-state index contributed by atoms with van der Waals surface area (Å²) in [5.41, 5.74) is 3.29. The molecule has 1 atom stereocenters. The van der Waals surface area contributed by atoms with Crippen molar-refractivity contribution in [3.8, 4) is 6.07 Å². The highest BCUT2D eigenvalue weighted by molar-refractivity contribution is 6.03. The van der Waals surface area contributed by atoms with Gasteiger partial charge in [-0.25, -0.2) is 4.79 Å². The SMILES string of the molecule is CCOC(=O)/C(C#N)=C/C(C(=N)N1CCN(c2c(C)cccc2C)CC1)C(=O)OCC. The van der Waals surface area contributed by atoms with Crippen molar-refractivity contribution >= 4 is 23.5 Å². The molecule has 0 spiro atoms. The van der Waals surface area contributed by atoms with E-state index in [1.165, 1.54) is 22.9 Å². The van der Waals surface area contributed by atoms with Crippen molar-refractivity contribution in [2.75, 3.05) is 44.3 Å². The number of carbonyl (C=O) groups excluding carboxylic acids is 2. The molecule has 0 bridgehead atoms. The van der Waals surface area contributed by atoms with Crippen molar-refractivity contribution in [3.63, 3.8) is 0 Å². The predicted octanol–water partition coefficient (Wildman–Crippen LogP) is 2.60. The molecule has 0 radical (unpaired) electrons. The normalized spacial score (nSPS) is 15.1.